The Morgan fingerprint density at radius 1 is 1.04 bits per heavy atom. The lowest BCUT2D eigenvalue weighted by molar-refractivity contribution is 0.474. The zero-order chi connectivity index (χ0) is 19.0. The van der Waals surface area contributed by atoms with E-state index in [0.717, 1.165) is 16.1 Å². The summed E-state index contributed by atoms with van der Waals surface area (Å²) in [5.41, 5.74) is 3.09. The molecule has 0 unspecified atom stereocenters. The maximum atomic E-state index is 13.3. The van der Waals surface area contributed by atoms with Gasteiger partial charge in [0.2, 0.25) is 0 Å². The average Bonchev–Trinajstić information content (AvgIpc) is 3.03. The van der Waals surface area contributed by atoms with Crippen LogP contribution in [0.2, 0.25) is 0 Å². The predicted molar refractivity (Wildman–Crippen MR) is 112 cm³/mol. The second-order valence-corrected chi connectivity index (χ2v) is 7.43. The number of hydrogen-bond donors (Lipinski definition) is 1. The number of rotatable bonds is 3. The van der Waals surface area contributed by atoms with Crippen molar-refractivity contribution in [3.8, 4) is 11.4 Å². The normalized spacial score (nSPS) is 11.5. The van der Waals surface area contributed by atoms with Crippen molar-refractivity contribution in [2.24, 2.45) is 0 Å². The van der Waals surface area contributed by atoms with Crippen molar-refractivity contribution < 1.29 is 5.11 Å². The van der Waals surface area contributed by atoms with Gasteiger partial charge in [-0.1, -0.05) is 36.4 Å². The van der Waals surface area contributed by atoms with Crippen LogP contribution >= 0.6 is 11.3 Å². The lowest BCUT2D eigenvalue weighted by Gasteiger charge is -2.13. The van der Waals surface area contributed by atoms with Crippen LogP contribution in [0.5, 0.6) is 5.75 Å². The molecule has 0 amide bonds. The minimum atomic E-state index is -0.0787. The maximum absolute atomic E-state index is 13.3. The number of benzene rings is 2. The van der Waals surface area contributed by atoms with E-state index in [9.17, 15) is 9.90 Å². The summed E-state index contributed by atoms with van der Waals surface area (Å²) in [7, 11) is 0. The molecule has 2 heterocycles. The van der Waals surface area contributed by atoms with Gasteiger partial charge in [-0.2, -0.15) is 0 Å². The SMILES string of the molecule is Cc1ccccc1-n1c(/C=C/c2ccccc2O)nc2csc(C)c2c1=O. The van der Waals surface area contributed by atoms with Crippen LogP contribution in [0.15, 0.2) is 58.7 Å². The Labute approximate surface area is 160 Å². The van der Waals surface area contributed by atoms with E-state index in [-0.39, 0.29) is 11.3 Å². The number of para-hydroxylation sites is 2. The van der Waals surface area contributed by atoms with E-state index in [2.05, 4.69) is 0 Å². The zero-order valence-corrected chi connectivity index (χ0v) is 15.8. The Morgan fingerprint density at radius 2 is 1.78 bits per heavy atom. The molecule has 134 valence electrons. The van der Waals surface area contributed by atoms with E-state index in [1.165, 1.54) is 11.3 Å². The smallest absolute Gasteiger partial charge is 0.267 e. The van der Waals surface area contributed by atoms with E-state index in [1.807, 2.05) is 55.6 Å². The highest BCUT2D eigenvalue weighted by Gasteiger charge is 2.15. The topological polar surface area (TPSA) is 55.1 Å². The van der Waals surface area contributed by atoms with Gasteiger partial charge in [0.15, 0.2) is 0 Å². The van der Waals surface area contributed by atoms with Gasteiger partial charge in [0.25, 0.3) is 5.56 Å². The van der Waals surface area contributed by atoms with Crippen molar-refractivity contribution in [3.63, 3.8) is 0 Å². The number of hydrogen-bond acceptors (Lipinski definition) is 4. The molecule has 0 atom stereocenters. The highest BCUT2D eigenvalue weighted by molar-refractivity contribution is 7.11. The molecule has 0 radical (unpaired) electrons. The number of phenols is 1. The number of thiophene rings is 1. The summed E-state index contributed by atoms with van der Waals surface area (Å²) in [6, 6.07) is 14.8. The Hall–Kier alpha value is -3.18. The number of fused-ring (bicyclic) bond motifs is 1. The van der Waals surface area contributed by atoms with Crippen molar-refractivity contribution in [2.45, 2.75) is 13.8 Å². The molecule has 5 heteroatoms. The van der Waals surface area contributed by atoms with E-state index >= 15 is 0 Å². The number of aromatic nitrogens is 2. The van der Waals surface area contributed by atoms with Crippen LogP contribution in [0.4, 0.5) is 0 Å². The van der Waals surface area contributed by atoms with Crippen molar-refractivity contribution in [3.05, 3.63) is 86.1 Å². The zero-order valence-electron chi connectivity index (χ0n) is 15.0. The molecule has 0 saturated heterocycles. The fraction of sp³-hybridized carbons (Fsp3) is 0.0909. The highest BCUT2D eigenvalue weighted by Crippen LogP contribution is 2.24. The molecule has 0 aliphatic heterocycles. The third-order valence-electron chi connectivity index (χ3n) is 4.54. The molecule has 2 aromatic heterocycles. The van der Waals surface area contributed by atoms with Gasteiger partial charge < -0.3 is 5.11 Å². The van der Waals surface area contributed by atoms with Crippen LogP contribution in [-0.4, -0.2) is 14.7 Å². The predicted octanol–water partition coefficient (Wildman–Crippen LogP) is 4.94. The standard InChI is InChI=1S/C22H18N2O2S/c1-14-7-3-5-9-18(14)24-20(12-11-16-8-4-6-10-19(16)25)23-17-13-27-15(2)21(17)22(24)26/h3-13,25H,1-2H3/b12-11+. The first-order valence-corrected chi connectivity index (χ1v) is 9.47. The monoisotopic (exact) mass is 374 g/mol. The lowest BCUT2D eigenvalue weighted by Crippen LogP contribution is -2.23. The quantitative estimate of drug-likeness (QED) is 0.553. The molecule has 4 aromatic rings. The van der Waals surface area contributed by atoms with Gasteiger partial charge in [-0.05, 0) is 43.7 Å². The first kappa shape index (κ1) is 17.2. The van der Waals surface area contributed by atoms with E-state index < -0.39 is 0 Å². The maximum Gasteiger partial charge on any atom is 0.267 e. The van der Waals surface area contributed by atoms with Gasteiger partial charge >= 0.3 is 0 Å². The third kappa shape index (κ3) is 3.06. The first-order chi connectivity index (χ1) is 13.1. The van der Waals surface area contributed by atoms with Crippen molar-refractivity contribution in [1.82, 2.24) is 9.55 Å². The van der Waals surface area contributed by atoms with Crippen LogP contribution in [0, 0.1) is 13.8 Å². The molecule has 0 spiro atoms. The molecule has 2 aromatic carbocycles. The van der Waals surface area contributed by atoms with E-state index in [1.54, 1.807) is 28.9 Å². The third-order valence-corrected chi connectivity index (χ3v) is 5.44. The summed E-state index contributed by atoms with van der Waals surface area (Å²) in [5, 5.41) is 12.6. The molecule has 1 N–H and O–H groups in total. The Bertz CT molecular complexity index is 1230. The van der Waals surface area contributed by atoms with Crippen molar-refractivity contribution in [2.75, 3.05) is 0 Å². The fourth-order valence-corrected chi connectivity index (χ4v) is 3.89. The van der Waals surface area contributed by atoms with Crippen LogP contribution in [0.3, 0.4) is 0 Å². The van der Waals surface area contributed by atoms with Crippen molar-refractivity contribution in [1.29, 1.82) is 0 Å². The van der Waals surface area contributed by atoms with Gasteiger partial charge in [0, 0.05) is 15.8 Å². The molecular weight excluding hydrogens is 356 g/mol. The summed E-state index contributed by atoms with van der Waals surface area (Å²) in [6.07, 6.45) is 3.55. The summed E-state index contributed by atoms with van der Waals surface area (Å²) >= 11 is 1.53. The van der Waals surface area contributed by atoms with Gasteiger partial charge in [0.1, 0.15) is 11.6 Å². The van der Waals surface area contributed by atoms with E-state index in [0.29, 0.717) is 22.3 Å². The van der Waals surface area contributed by atoms with Gasteiger partial charge in [-0.25, -0.2) is 4.98 Å². The number of phenolic OH excluding ortho intramolecular Hbond substituents is 1. The second kappa shape index (κ2) is 6.85. The molecule has 4 nitrogen and oxygen atoms in total. The van der Waals surface area contributed by atoms with Gasteiger partial charge in [-0.15, -0.1) is 11.3 Å². The number of nitrogens with zero attached hydrogens (tertiary/aromatic N) is 2. The second-order valence-electron chi connectivity index (χ2n) is 6.34. The first-order valence-electron chi connectivity index (χ1n) is 8.59. The van der Waals surface area contributed by atoms with Gasteiger partial charge in [0.05, 0.1) is 16.6 Å². The highest BCUT2D eigenvalue weighted by atomic mass is 32.1. The molecule has 4 rings (SSSR count). The molecule has 0 saturated carbocycles. The summed E-state index contributed by atoms with van der Waals surface area (Å²) in [6.45, 7) is 3.92. The molecular formula is C22H18N2O2S. The molecule has 0 aliphatic carbocycles. The molecule has 0 fully saturated rings. The largest absolute Gasteiger partial charge is 0.507 e. The summed E-state index contributed by atoms with van der Waals surface area (Å²) in [4.78, 5) is 19.0. The van der Waals surface area contributed by atoms with E-state index in [4.69, 9.17) is 4.98 Å². The Kier molecular flexibility index (Phi) is 4.38. The Morgan fingerprint density at radius 3 is 2.56 bits per heavy atom. The van der Waals surface area contributed by atoms with Crippen molar-refractivity contribution >= 4 is 34.4 Å². The van der Waals surface area contributed by atoms with Crippen LogP contribution in [-0.2, 0) is 0 Å². The minimum Gasteiger partial charge on any atom is -0.507 e. The summed E-state index contributed by atoms with van der Waals surface area (Å²) in [5.74, 6) is 0.717. The minimum absolute atomic E-state index is 0.0787. The van der Waals surface area contributed by atoms with Crippen LogP contribution in [0.1, 0.15) is 21.8 Å². The van der Waals surface area contributed by atoms with Crippen LogP contribution < -0.4 is 5.56 Å². The van der Waals surface area contributed by atoms with Gasteiger partial charge in [-0.3, -0.25) is 9.36 Å². The molecule has 0 aliphatic rings. The van der Waals surface area contributed by atoms with Crippen LogP contribution in [0.25, 0.3) is 28.7 Å². The average molecular weight is 374 g/mol. The molecule has 0 bridgehead atoms. The number of aromatic hydroxyl groups is 1. The molecule has 27 heavy (non-hydrogen) atoms. The number of aryl methyl sites for hydroxylation is 2. The lowest BCUT2D eigenvalue weighted by atomic mass is 10.1. The Balaban J connectivity index is 1.99. The summed E-state index contributed by atoms with van der Waals surface area (Å²) < 4.78 is 1.65. The fourth-order valence-electron chi connectivity index (χ4n) is 3.13.